The van der Waals surface area contributed by atoms with Crippen molar-refractivity contribution in [2.24, 2.45) is 0 Å². The van der Waals surface area contributed by atoms with Crippen LogP contribution in [0.4, 0.5) is 19.1 Å². The van der Waals surface area contributed by atoms with E-state index < -0.39 is 17.8 Å². The Hall–Kier alpha value is -3.35. The van der Waals surface area contributed by atoms with Gasteiger partial charge in [0, 0.05) is 15.7 Å². The maximum atomic E-state index is 12.8. The number of imidazole rings is 2. The largest absolute Gasteiger partial charge is 0.573 e. The van der Waals surface area contributed by atoms with Gasteiger partial charge in [-0.2, -0.15) is 4.98 Å². The van der Waals surface area contributed by atoms with E-state index in [2.05, 4.69) is 50.9 Å². The quantitative estimate of drug-likeness (QED) is 0.375. The summed E-state index contributed by atoms with van der Waals surface area (Å²) in [4.78, 5) is 30.7. The predicted molar refractivity (Wildman–Crippen MR) is 109 cm³/mol. The molecule has 31 heavy (non-hydrogen) atoms. The van der Waals surface area contributed by atoms with Crippen LogP contribution in [0.15, 0.2) is 40.0 Å². The summed E-state index contributed by atoms with van der Waals surface area (Å²) in [7, 11) is 0. The fourth-order valence-electron chi connectivity index (χ4n) is 2.97. The molecule has 13 heteroatoms. The highest BCUT2D eigenvalue weighted by atomic mass is 79.9. The number of aromatic nitrogens is 6. The zero-order valence-corrected chi connectivity index (χ0v) is 17.5. The molecule has 0 aliphatic rings. The molecule has 0 aliphatic heterocycles. The Labute approximate surface area is 180 Å². The van der Waals surface area contributed by atoms with Gasteiger partial charge in [-0.1, -0.05) is 15.9 Å². The van der Waals surface area contributed by atoms with Gasteiger partial charge in [0.15, 0.2) is 5.65 Å². The second-order valence-corrected chi connectivity index (χ2v) is 7.49. The summed E-state index contributed by atoms with van der Waals surface area (Å²) in [6.45, 7) is 2.03. The van der Waals surface area contributed by atoms with Crippen molar-refractivity contribution in [1.82, 2.24) is 29.5 Å². The van der Waals surface area contributed by atoms with Crippen molar-refractivity contribution in [3.63, 3.8) is 0 Å². The number of fused-ring (bicyclic) bond motifs is 1. The summed E-state index contributed by atoms with van der Waals surface area (Å²) in [5.74, 6) is -0.165. The van der Waals surface area contributed by atoms with Crippen molar-refractivity contribution in [2.45, 2.75) is 26.4 Å². The third-order valence-corrected chi connectivity index (χ3v) is 4.93. The zero-order chi connectivity index (χ0) is 22.2. The average Bonchev–Trinajstić information content (AvgIpc) is 3.24. The first-order chi connectivity index (χ1) is 14.7. The number of H-pyrrole nitrogens is 2. The Morgan fingerprint density at radius 3 is 2.81 bits per heavy atom. The standard InChI is InChI=1S/C18H15BrF3N7O2/c1-9-12(26-8-25-9)5-23-16-24-6-13-15(28-16)29(17(30)27-13)7-10-4-11(19)2-3-14(10)31-18(20,21)22/h2-4,6,8H,5,7H2,1H3,(H,25,26)(H,27,30)(H,23,24,28). The molecular formula is C18H15BrF3N7O2. The number of aromatic amines is 2. The summed E-state index contributed by atoms with van der Waals surface area (Å²) in [5.41, 5.74) is 1.86. The Balaban J connectivity index is 1.66. The highest BCUT2D eigenvalue weighted by Crippen LogP contribution is 2.29. The number of alkyl halides is 3. The molecule has 3 heterocycles. The minimum absolute atomic E-state index is 0.148. The number of nitrogens with one attached hydrogen (secondary N) is 3. The Morgan fingerprint density at radius 1 is 1.29 bits per heavy atom. The molecule has 0 aliphatic carbocycles. The third kappa shape index (κ3) is 4.71. The first-order valence-electron chi connectivity index (χ1n) is 8.92. The number of halogens is 4. The SMILES string of the molecule is Cc1[nH]cnc1CNc1ncc2[nH]c(=O)n(Cc3cc(Br)ccc3OC(F)(F)F)c2n1. The van der Waals surface area contributed by atoms with Crippen molar-refractivity contribution >= 4 is 33.0 Å². The van der Waals surface area contributed by atoms with Crippen LogP contribution in [0.25, 0.3) is 11.2 Å². The lowest BCUT2D eigenvalue weighted by Crippen LogP contribution is -2.21. The Kier molecular flexibility index (Phi) is 5.43. The van der Waals surface area contributed by atoms with Crippen molar-refractivity contribution in [3.05, 3.63) is 62.6 Å². The number of ether oxygens (including phenoxy) is 1. The van der Waals surface area contributed by atoms with Gasteiger partial charge in [-0.3, -0.25) is 4.57 Å². The Morgan fingerprint density at radius 2 is 2.10 bits per heavy atom. The lowest BCUT2D eigenvalue weighted by atomic mass is 10.2. The third-order valence-electron chi connectivity index (χ3n) is 4.44. The number of nitrogens with zero attached hydrogens (tertiary/aromatic N) is 4. The van der Waals surface area contributed by atoms with Crippen LogP contribution in [-0.2, 0) is 13.1 Å². The molecule has 0 spiro atoms. The lowest BCUT2D eigenvalue weighted by Gasteiger charge is -2.14. The van der Waals surface area contributed by atoms with E-state index in [-0.39, 0.29) is 23.7 Å². The van der Waals surface area contributed by atoms with E-state index in [4.69, 9.17) is 0 Å². The molecule has 0 amide bonds. The summed E-state index contributed by atoms with van der Waals surface area (Å²) in [5, 5.41) is 3.02. The molecule has 9 nitrogen and oxygen atoms in total. The molecule has 4 aromatic rings. The van der Waals surface area contributed by atoms with Gasteiger partial charge in [-0.05, 0) is 25.1 Å². The normalized spacial score (nSPS) is 11.8. The van der Waals surface area contributed by atoms with Gasteiger partial charge in [0.1, 0.15) is 11.3 Å². The molecule has 0 radical (unpaired) electrons. The molecule has 162 valence electrons. The van der Waals surface area contributed by atoms with E-state index in [1.807, 2.05) is 6.92 Å². The minimum atomic E-state index is -4.86. The van der Waals surface area contributed by atoms with Gasteiger partial charge < -0.3 is 20.0 Å². The smallest absolute Gasteiger partial charge is 0.405 e. The lowest BCUT2D eigenvalue weighted by molar-refractivity contribution is -0.274. The van der Waals surface area contributed by atoms with E-state index in [1.165, 1.54) is 29.0 Å². The van der Waals surface area contributed by atoms with Crippen LogP contribution in [0, 0.1) is 6.92 Å². The molecule has 1 aromatic carbocycles. The monoisotopic (exact) mass is 497 g/mol. The van der Waals surface area contributed by atoms with E-state index in [9.17, 15) is 18.0 Å². The average molecular weight is 498 g/mol. The molecular weight excluding hydrogens is 483 g/mol. The van der Waals surface area contributed by atoms with Crippen molar-refractivity contribution in [3.8, 4) is 5.75 Å². The van der Waals surface area contributed by atoms with Crippen LogP contribution < -0.4 is 15.7 Å². The van der Waals surface area contributed by atoms with Gasteiger partial charge in [0.25, 0.3) is 0 Å². The van der Waals surface area contributed by atoms with Crippen LogP contribution in [0.3, 0.4) is 0 Å². The molecule has 0 fully saturated rings. The first kappa shape index (κ1) is 20.9. The molecule has 4 rings (SSSR count). The van der Waals surface area contributed by atoms with Crippen LogP contribution >= 0.6 is 15.9 Å². The molecule has 0 bridgehead atoms. The second kappa shape index (κ2) is 8.06. The van der Waals surface area contributed by atoms with Crippen molar-refractivity contribution in [2.75, 3.05) is 5.32 Å². The number of benzene rings is 1. The molecule has 0 saturated heterocycles. The first-order valence-corrected chi connectivity index (χ1v) is 9.71. The number of hydrogen-bond donors (Lipinski definition) is 3. The predicted octanol–water partition coefficient (Wildman–Crippen LogP) is 3.47. The molecule has 0 saturated carbocycles. The summed E-state index contributed by atoms with van der Waals surface area (Å²) in [6.07, 6.45) is -1.87. The highest BCUT2D eigenvalue weighted by Gasteiger charge is 2.32. The van der Waals surface area contributed by atoms with Crippen LogP contribution in [0.5, 0.6) is 5.75 Å². The fourth-order valence-corrected chi connectivity index (χ4v) is 3.38. The van der Waals surface area contributed by atoms with Crippen LogP contribution in [0.1, 0.15) is 17.0 Å². The molecule has 3 aromatic heterocycles. The highest BCUT2D eigenvalue weighted by molar-refractivity contribution is 9.10. The Bertz CT molecular complexity index is 1300. The number of rotatable bonds is 6. The summed E-state index contributed by atoms with van der Waals surface area (Å²) in [6, 6.07) is 4.05. The van der Waals surface area contributed by atoms with Gasteiger partial charge >= 0.3 is 12.1 Å². The van der Waals surface area contributed by atoms with E-state index in [1.54, 1.807) is 6.33 Å². The van der Waals surface area contributed by atoms with Gasteiger partial charge in [-0.25, -0.2) is 14.8 Å². The van der Waals surface area contributed by atoms with Crippen LogP contribution in [-0.4, -0.2) is 35.8 Å². The maximum absolute atomic E-state index is 12.8. The number of aryl methyl sites for hydroxylation is 1. The summed E-state index contributed by atoms with van der Waals surface area (Å²) >= 11 is 3.23. The number of anilines is 1. The van der Waals surface area contributed by atoms with Crippen LogP contribution in [0.2, 0.25) is 0 Å². The van der Waals surface area contributed by atoms with E-state index in [0.717, 1.165) is 11.4 Å². The minimum Gasteiger partial charge on any atom is -0.405 e. The molecule has 0 unspecified atom stereocenters. The van der Waals surface area contributed by atoms with E-state index in [0.29, 0.717) is 16.5 Å². The fraction of sp³-hybridized carbons (Fsp3) is 0.222. The van der Waals surface area contributed by atoms with Gasteiger partial charge in [0.05, 0.1) is 31.3 Å². The van der Waals surface area contributed by atoms with E-state index >= 15 is 0 Å². The molecule has 3 N–H and O–H groups in total. The summed E-state index contributed by atoms with van der Waals surface area (Å²) < 4.78 is 44.2. The zero-order valence-electron chi connectivity index (χ0n) is 15.9. The van der Waals surface area contributed by atoms with Gasteiger partial charge in [-0.15, -0.1) is 13.2 Å². The van der Waals surface area contributed by atoms with Crippen molar-refractivity contribution in [1.29, 1.82) is 0 Å². The number of hydrogen-bond acceptors (Lipinski definition) is 6. The molecule has 0 atom stereocenters. The maximum Gasteiger partial charge on any atom is 0.573 e. The topological polar surface area (TPSA) is 114 Å². The van der Waals surface area contributed by atoms with Crippen molar-refractivity contribution < 1.29 is 17.9 Å². The second-order valence-electron chi connectivity index (χ2n) is 6.57. The van der Waals surface area contributed by atoms with Gasteiger partial charge in [0.2, 0.25) is 5.95 Å².